The van der Waals surface area contributed by atoms with E-state index in [1.54, 1.807) is 13.8 Å². The summed E-state index contributed by atoms with van der Waals surface area (Å²) in [5, 5.41) is 14.3. The van der Waals surface area contributed by atoms with Crippen LogP contribution in [0.25, 0.3) is 0 Å². The third-order valence-electron chi connectivity index (χ3n) is 4.87. The molecule has 0 bridgehead atoms. The highest BCUT2D eigenvalue weighted by molar-refractivity contribution is 5.93. The van der Waals surface area contributed by atoms with Gasteiger partial charge in [-0.3, -0.25) is 14.4 Å². The Kier molecular flexibility index (Phi) is 9.88. The molecule has 0 spiro atoms. The first-order valence-electron chi connectivity index (χ1n) is 9.75. The van der Waals surface area contributed by atoms with Crippen LogP contribution in [0.15, 0.2) is 0 Å². The number of carbonyl (C=O) groups excluding carboxylic acids is 3. The number of hydrogen-bond acceptors (Lipinski definition) is 6. The van der Waals surface area contributed by atoms with Gasteiger partial charge in [0.25, 0.3) is 0 Å². The lowest BCUT2D eigenvalue weighted by atomic mass is 10.1. The smallest absolute Gasteiger partial charge is 0.326 e. The fourth-order valence-electron chi connectivity index (χ4n) is 3.04. The number of nitrogens with zero attached hydrogens (tertiary/aromatic N) is 1. The quantitative estimate of drug-likeness (QED) is 0.271. The molecule has 0 aromatic heterocycles. The minimum Gasteiger partial charge on any atom is -0.480 e. The number of carboxylic acid groups (broad SMARTS) is 1. The molecular formula is C18H33N5O5. The second-order valence-corrected chi connectivity index (χ2v) is 7.42. The third-order valence-corrected chi connectivity index (χ3v) is 4.87. The molecule has 1 aliphatic heterocycles. The van der Waals surface area contributed by atoms with Crippen LogP contribution in [0.2, 0.25) is 0 Å². The maximum absolute atomic E-state index is 12.5. The second-order valence-electron chi connectivity index (χ2n) is 7.42. The van der Waals surface area contributed by atoms with Gasteiger partial charge in [-0.15, -0.1) is 0 Å². The molecule has 3 amide bonds. The summed E-state index contributed by atoms with van der Waals surface area (Å²) < 4.78 is 0. The van der Waals surface area contributed by atoms with E-state index in [4.69, 9.17) is 11.5 Å². The highest BCUT2D eigenvalue weighted by Gasteiger charge is 2.35. The predicted molar refractivity (Wildman–Crippen MR) is 103 cm³/mol. The van der Waals surface area contributed by atoms with E-state index in [-0.39, 0.29) is 18.9 Å². The predicted octanol–water partition coefficient (Wildman–Crippen LogP) is -1.22. The van der Waals surface area contributed by atoms with E-state index in [0.29, 0.717) is 38.8 Å². The Labute approximate surface area is 165 Å². The molecule has 7 N–H and O–H groups in total. The van der Waals surface area contributed by atoms with Gasteiger partial charge in [0.1, 0.15) is 12.1 Å². The molecule has 0 saturated carbocycles. The van der Waals surface area contributed by atoms with Crippen LogP contribution < -0.4 is 22.1 Å². The number of nitrogens with one attached hydrogen (secondary N) is 2. The summed E-state index contributed by atoms with van der Waals surface area (Å²) in [6.07, 6.45) is 2.62. The Morgan fingerprint density at radius 1 is 1.21 bits per heavy atom. The molecule has 28 heavy (non-hydrogen) atoms. The molecule has 1 rings (SSSR count). The molecule has 10 nitrogen and oxygen atoms in total. The fraction of sp³-hybridized carbons (Fsp3) is 0.778. The summed E-state index contributed by atoms with van der Waals surface area (Å²) >= 11 is 0. The number of nitrogens with two attached hydrogens (primary N) is 2. The lowest BCUT2D eigenvalue weighted by Gasteiger charge is -2.26. The minimum atomic E-state index is -1.11. The molecule has 1 heterocycles. The van der Waals surface area contributed by atoms with Crippen LogP contribution in [0, 0.1) is 5.92 Å². The average molecular weight is 399 g/mol. The topological polar surface area (TPSA) is 168 Å². The highest BCUT2D eigenvalue weighted by Crippen LogP contribution is 2.18. The number of carboxylic acids is 1. The summed E-state index contributed by atoms with van der Waals surface area (Å²) in [6, 6.07) is -2.46. The van der Waals surface area contributed by atoms with Crippen molar-refractivity contribution in [2.45, 2.75) is 64.1 Å². The zero-order valence-electron chi connectivity index (χ0n) is 16.6. The first-order chi connectivity index (χ1) is 13.2. The number of unbranched alkanes of at least 4 members (excludes halogenated alkanes) is 1. The van der Waals surface area contributed by atoms with Gasteiger partial charge in [0.05, 0.1) is 12.6 Å². The largest absolute Gasteiger partial charge is 0.480 e. The van der Waals surface area contributed by atoms with Gasteiger partial charge in [0.2, 0.25) is 17.7 Å². The minimum absolute atomic E-state index is 0.0624. The molecule has 1 fully saturated rings. The van der Waals surface area contributed by atoms with Crippen LogP contribution in [0.3, 0.4) is 0 Å². The summed E-state index contributed by atoms with van der Waals surface area (Å²) in [6.45, 7) is 4.20. The van der Waals surface area contributed by atoms with Gasteiger partial charge >= 0.3 is 5.97 Å². The van der Waals surface area contributed by atoms with Crippen molar-refractivity contribution in [1.82, 2.24) is 15.5 Å². The normalized spacial score (nSPS) is 18.6. The van der Waals surface area contributed by atoms with Crippen molar-refractivity contribution >= 4 is 23.7 Å². The molecule has 160 valence electrons. The van der Waals surface area contributed by atoms with Gasteiger partial charge < -0.3 is 32.1 Å². The SMILES string of the molecule is CC(C)C(N)C(=O)NCC(=O)N1CCCC1C(=O)NC(CCCCN)C(=O)O. The Hall–Kier alpha value is -2.20. The molecule has 0 radical (unpaired) electrons. The number of amides is 3. The van der Waals surface area contributed by atoms with Crippen LogP contribution in [0.4, 0.5) is 0 Å². The molecular weight excluding hydrogens is 366 g/mol. The maximum Gasteiger partial charge on any atom is 0.326 e. The van der Waals surface area contributed by atoms with Crippen LogP contribution in [-0.2, 0) is 19.2 Å². The first-order valence-corrected chi connectivity index (χ1v) is 9.75. The van der Waals surface area contributed by atoms with Gasteiger partial charge in [0, 0.05) is 6.54 Å². The van der Waals surface area contributed by atoms with Crippen LogP contribution in [0.1, 0.15) is 46.0 Å². The summed E-state index contributed by atoms with van der Waals surface area (Å²) in [7, 11) is 0. The molecule has 0 aliphatic carbocycles. The first kappa shape index (κ1) is 23.8. The lowest BCUT2D eigenvalue weighted by molar-refractivity contribution is -0.144. The number of rotatable bonds is 11. The van der Waals surface area contributed by atoms with E-state index in [0.717, 1.165) is 0 Å². The van der Waals surface area contributed by atoms with E-state index in [9.17, 15) is 24.3 Å². The summed E-state index contributed by atoms with van der Waals surface area (Å²) in [4.78, 5) is 49.6. The van der Waals surface area contributed by atoms with Crippen LogP contribution in [0.5, 0.6) is 0 Å². The zero-order chi connectivity index (χ0) is 21.3. The molecule has 3 unspecified atom stereocenters. The van der Waals surface area contributed by atoms with Crippen molar-refractivity contribution in [2.24, 2.45) is 17.4 Å². The van der Waals surface area contributed by atoms with E-state index in [2.05, 4.69) is 10.6 Å². The number of aliphatic carboxylic acids is 1. The molecule has 1 saturated heterocycles. The Balaban J connectivity index is 2.62. The van der Waals surface area contributed by atoms with Gasteiger partial charge in [-0.1, -0.05) is 13.8 Å². The van der Waals surface area contributed by atoms with Crippen molar-refractivity contribution in [1.29, 1.82) is 0 Å². The van der Waals surface area contributed by atoms with E-state index < -0.39 is 41.8 Å². The average Bonchev–Trinajstić information content (AvgIpc) is 3.14. The van der Waals surface area contributed by atoms with Gasteiger partial charge in [-0.25, -0.2) is 4.79 Å². The standard InChI is InChI=1S/C18H33N5O5/c1-11(2)15(20)17(26)21-10-14(24)23-9-5-7-13(23)16(25)22-12(18(27)28)6-3-4-8-19/h11-13,15H,3-10,19-20H2,1-2H3,(H,21,26)(H,22,25)(H,27,28). The number of hydrogen-bond donors (Lipinski definition) is 5. The molecule has 10 heteroatoms. The molecule has 0 aromatic rings. The Morgan fingerprint density at radius 2 is 1.89 bits per heavy atom. The monoisotopic (exact) mass is 399 g/mol. The maximum atomic E-state index is 12.5. The summed E-state index contributed by atoms with van der Waals surface area (Å²) in [5.41, 5.74) is 11.2. The van der Waals surface area contributed by atoms with Crippen molar-refractivity contribution in [3.63, 3.8) is 0 Å². The Bertz CT molecular complexity index is 569. The fourth-order valence-corrected chi connectivity index (χ4v) is 3.04. The molecule has 3 atom stereocenters. The van der Waals surface area contributed by atoms with Crippen LogP contribution in [-0.4, -0.2) is 71.5 Å². The number of likely N-dealkylation sites (tertiary alicyclic amines) is 1. The van der Waals surface area contributed by atoms with E-state index >= 15 is 0 Å². The van der Waals surface area contributed by atoms with Gasteiger partial charge in [-0.2, -0.15) is 0 Å². The van der Waals surface area contributed by atoms with Crippen molar-refractivity contribution in [2.75, 3.05) is 19.6 Å². The third kappa shape index (κ3) is 7.08. The molecule has 1 aliphatic rings. The number of carbonyl (C=O) groups is 4. The van der Waals surface area contributed by atoms with E-state index in [1.165, 1.54) is 4.90 Å². The highest BCUT2D eigenvalue weighted by atomic mass is 16.4. The van der Waals surface area contributed by atoms with Crippen molar-refractivity contribution < 1.29 is 24.3 Å². The van der Waals surface area contributed by atoms with E-state index in [1.807, 2.05) is 0 Å². The zero-order valence-corrected chi connectivity index (χ0v) is 16.6. The Morgan fingerprint density at radius 3 is 2.46 bits per heavy atom. The lowest BCUT2D eigenvalue weighted by Crippen LogP contribution is -2.53. The van der Waals surface area contributed by atoms with Crippen LogP contribution >= 0.6 is 0 Å². The van der Waals surface area contributed by atoms with Gasteiger partial charge in [0.15, 0.2) is 0 Å². The van der Waals surface area contributed by atoms with Gasteiger partial charge in [-0.05, 0) is 44.6 Å². The summed E-state index contributed by atoms with van der Waals surface area (Å²) in [5.74, 6) is -2.48. The molecule has 0 aromatic carbocycles. The van der Waals surface area contributed by atoms with Crippen molar-refractivity contribution in [3.8, 4) is 0 Å². The second kappa shape index (κ2) is 11.6. The van der Waals surface area contributed by atoms with Crippen molar-refractivity contribution in [3.05, 3.63) is 0 Å².